The fourth-order valence-electron chi connectivity index (χ4n) is 1.40. The molecule has 0 aliphatic carbocycles. The summed E-state index contributed by atoms with van der Waals surface area (Å²) in [6.07, 6.45) is 4.43. The van der Waals surface area contributed by atoms with Crippen LogP contribution in [0, 0.1) is 0 Å². The van der Waals surface area contributed by atoms with E-state index in [0.717, 1.165) is 14.9 Å². The van der Waals surface area contributed by atoms with E-state index in [4.69, 9.17) is 0 Å². The molecule has 0 saturated carbocycles. The molecule has 4 heteroatoms. The number of rotatable bonds is 2. The summed E-state index contributed by atoms with van der Waals surface area (Å²) in [6, 6.07) is 6.01. The molecule has 1 aliphatic heterocycles. The number of carbonyl (C=O) groups is 1. The van der Waals surface area contributed by atoms with Gasteiger partial charge in [-0.2, -0.15) is 0 Å². The van der Waals surface area contributed by atoms with Gasteiger partial charge in [0.15, 0.2) is 0 Å². The molecule has 1 aromatic rings. The van der Waals surface area contributed by atoms with Crippen LogP contribution in [0.15, 0.2) is 22.7 Å². The normalized spacial score (nSPS) is 18.2. The van der Waals surface area contributed by atoms with E-state index >= 15 is 0 Å². The summed E-state index contributed by atoms with van der Waals surface area (Å²) in [6.45, 7) is 0. The van der Waals surface area contributed by atoms with E-state index < -0.39 is 0 Å². The standard InChI is InChI=1S/C10H9BrN2O/c11-9-2-1-7-4-10(13-6-14)12-5-8(7)3-9/h1-6,10,12H,(H,13,14). The zero-order chi connectivity index (χ0) is 9.97. The van der Waals surface area contributed by atoms with Crippen LogP contribution in [0.25, 0.3) is 12.3 Å². The molecule has 0 radical (unpaired) electrons. The molecule has 1 aliphatic rings. The molecule has 1 unspecified atom stereocenters. The Morgan fingerprint density at radius 1 is 1.43 bits per heavy atom. The van der Waals surface area contributed by atoms with Crippen LogP contribution in [0.1, 0.15) is 0 Å². The zero-order valence-electron chi connectivity index (χ0n) is 7.33. The zero-order valence-corrected chi connectivity index (χ0v) is 8.91. The molecule has 0 bridgehead atoms. The van der Waals surface area contributed by atoms with E-state index in [1.807, 2.05) is 30.5 Å². The summed E-state index contributed by atoms with van der Waals surface area (Å²) in [5.74, 6) is 0. The molecule has 1 atom stereocenters. The Hall–Kier alpha value is -1.29. The van der Waals surface area contributed by atoms with Crippen molar-refractivity contribution in [1.29, 1.82) is 0 Å². The third-order valence-electron chi connectivity index (χ3n) is 2.06. The lowest BCUT2D eigenvalue weighted by atomic mass is 10.2. The molecule has 1 heterocycles. The highest BCUT2D eigenvalue weighted by Gasteiger charge is 2.03. The number of benzene rings is 1. The molecular formula is C10H9BrN2O. The van der Waals surface area contributed by atoms with Gasteiger partial charge in [-0.1, -0.05) is 22.0 Å². The Morgan fingerprint density at radius 3 is 3.07 bits per heavy atom. The number of fused-ring (bicyclic) bond motifs is 1. The van der Waals surface area contributed by atoms with Gasteiger partial charge < -0.3 is 10.6 Å². The van der Waals surface area contributed by atoms with Gasteiger partial charge in [-0.25, -0.2) is 0 Å². The summed E-state index contributed by atoms with van der Waals surface area (Å²) in [4.78, 5) is 10.2. The maximum atomic E-state index is 10.2. The topological polar surface area (TPSA) is 41.1 Å². The van der Waals surface area contributed by atoms with Crippen molar-refractivity contribution in [1.82, 2.24) is 10.6 Å². The SMILES string of the molecule is O=CNC1C=c2ccc(Br)cc2=CN1. The van der Waals surface area contributed by atoms with Crippen molar-refractivity contribution < 1.29 is 4.79 Å². The third-order valence-corrected chi connectivity index (χ3v) is 2.55. The number of halogens is 1. The van der Waals surface area contributed by atoms with Gasteiger partial charge in [0.1, 0.15) is 6.17 Å². The Balaban J connectivity index is 2.45. The maximum Gasteiger partial charge on any atom is 0.208 e. The molecule has 0 aromatic heterocycles. The van der Waals surface area contributed by atoms with E-state index in [1.165, 1.54) is 0 Å². The first-order chi connectivity index (χ1) is 6.79. The minimum Gasteiger partial charge on any atom is -0.368 e. The first-order valence-electron chi connectivity index (χ1n) is 4.23. The molecule has 72 valence electrons. The minimum atomic E-state index is -0.110. The van der Waals surface area contributed by atoms with Gasteiger partial charge in [-0.3, -0.25) is 4.79 Å². The Bertz CT molecular complexity index is 470. The average molecular weight is 253 g/mol. The summed E-state index contributed by atoms with van der Waals surface area (Å²) in [5, 5.41) is 7.94. The van der Waals surface area contributed by atoms with Crippen LogP contribution in [-0.4, -0.2) is 12.6 Å². The van der Waals surface area contributed by atoms with Crippen LogP contribution < -0.4 is 21.1 Å². The Kier molecular flexibility index (Phi) is 2.54. The molecule has 0 saturated heterocycles. The molecule has 3 nitrogen and oxygen atoms in total. The van der Waals surface area contributed by atoms with Gasteiger partial charge in [0.05, 0.1) is 0 Å². The number of nitrogens with one attached hydrogen (secondary N) is 2. The molecule has 2 N–H and O–H groups in total. The van der Waals surface area contributed by atoms with Gasteiger partial charge in [0.2, 0.25) is 6.41 Å². The van der Waals surface area contributed by atoms with Crippen LogP contribution in [0.2, 0.25) is 0 Å². The lowest BCUT2D eigenvalue weighted by Gasteiger charge is -2.15. The van der Waals surface area contributed by atoms with Crippen molar-refractivity contribution >= 4 is 34.6 Å². The highest BCUT2D eigenvalue weighted by Crippen LogP contribution is 2.02. The van der Waals surface area contributed by atoms with Crippen LogP contribution in [-0.2, 0) is 4.79 Å². The quantitative estimate of drug-likeness (QED) is 0.707. The summed E-state index contributed by atoms with van der Waals surface area (Å²) in [7, 11) is 0. The minimum absolute atomic E-state index is 0.110. The number of amides is 1. The number of hydrogen-bond donors (Lipinski definition) is 2. The smallest absolute Gasteiger partial charge is 0.208 e. The molecule has 1 amide bonds. The van der Waals surface area contributed by atoms with Crippen molar-refractivity contribution in [2.45, 2.75) is 6.17 Å². The van der Waals surface area contributed by atoms with E-state index in [-0.39, 0.29) is 6.17 Å². The lowest BCUT2D eigenvalue weighted by molar-refractivity contribution is -0.109. The Morgan fingerprint density at radius 2 is 2.29 bits per heavy atom. The highest BCUT2D eigenvalue weighted by atomic mass is 79.9. The maximum absolute atomic E-state index is 10.2. The van der Waals surface area contributed by atoms with E-state index in [0.29, 0.717) is 6.41 Å². The van der Waals surface area contributed by atoms with Gasteiger partial charge in [-0.15, -0.1) is 0 Å². The molecule has 0 fully saturated rings. The molecule has 2 rings (SSSR count). The van der Waals surface area contributed by atoms with Crippen molar-refractivity contribution in [3.63, 3.8) is 0 Å². The van der Waals surface area contributed by atoms with Crippen molar-refractivity contribution in [3.8, 4) is 0 Å². The van der Waals surface area contributed by atoms with Gasteiger partial charge >= 0.3 is 0 Å². The predicted octanol–water partition coefficient (Wildman–Crippen LogP) is -0.357. The molecule has 1 aromatic carbocycles. The van der Waals surface area contributed by atoms with Gasteiger partial charge in [0.25, 0.3) is 0 Å². The van der Waals surface area contributed by atoms with Gasteiger partial charge in [-0.05, 0) is 28.6 Å². The fraction of sp³-hybridized carbons (Fsp3) is 0.100. The second-order valence-electron chi connectivity index (χ2n) is 3.01. The van der Waals surface area contributed by atoms with Crippen LogP contribution in [0.5, 0.6) is 0 Å². The molecule has 14 heavy (non-hydrogen) atoms. The molecular weight excluding hydrogens is 244 g/mol. The largest absolute Gasteiger partial charge is 0.368 e. The third kappa shape index (κ3) is 1.80. The van der Waals surface area contributed by atoms with Crippen molar-refractivity contribution in [2.75, 3.05) is 0 Å². The summed E-state index contributed by atoms with van der Waals surface area (Å²) < 4.78 is 1.05. The van der Waals surface area contributed by atoms with Crippen LogP contribution >= 0.6 is 15.9 Å². The summed E-state index contributed by atoms with van der Waals surface area (Å²) in [5.41, 5.74) is 0. The predicted molar refractivity (Wildman–Crippen MR) is 58.4 cm³/mol. The second-order valence-corrected chi connectivity index (χ2v) is 3.93. The van der Waals surface area contributed by atoms with Crippen molar-refractivity contribution in [3.05, 3.63) is 33.1 Å². The second kappa shape index (κ2) is 3.84. The van der Waals surface area contributed by atoms with Gasteiger partial charge in [0, 0.05) is 10.7 Å². The fourth-order valence-corrected chi connectivity index (χ4v) is 1.78. The molecule has 0 spiro atoms. The Labute approximate surface area is 89.6 Å². The summed E-state index contributed by atoms with van der Waals surface area (Å²) >= 11 is 3.40. The monoisotopic (exact) mass is 252 g/mol. The van der Waals surface area contributed by atoms with E-state index in [1.54, 1.807) is 0 Å². The highest BCUT2D eigenvalue weighted by molar-refractivity contribution is 9.10. The van der Waals surface area contributed by atoms with E-state index in [2.05, 4.69) is 26.6 Å². The first-order valence-corrected chi connectivity index (χ1v) is 5.02. The van der Waals surface area contributed by atoms with E-state index in [9.17, 15) is 4.79 Å². The number of hydrogen-bond acceptors (Lipinski definition) is 2. The lowest BCUT2D eigenvalue weighted by Crippen LogP contribution is -2.45. The number of carbonyl (C=O) groups excluding carboxylic acids is 1. The van der Waals surface area contributed by atoms with Crippen LogP contribution in [0.4, 0.5) is 0 Å². The van der Waals surface area contributed by atoms with Crippen molar-refractivity contribution in [2.24, 2.45) is 0 Å². The average Bonchev–Trinajstić information content (AvgIpc) is 2.19. The van der Waals surface area contributed by atoms with Crippen LogP contribution in [0.3, 0.4) is 0 Å². The first kappa shape index (κ1) is 9.27.